The van der Waals surface area contributed by atoms with E-state index in [1.54, 1.807) is 0 Å². The van der Waals surface area contributed by atoms with Crippen molar-refractivity contribution in [3.63, 3.8) is 0 Å². The molecule has 0 aromatic heterocycles. The van der Waals surface area contributed by atoms with Gasteiger partial charge in [-0.3, -0.25) is 4.79 Å². The van der Waals surface area contributed by atoms with E-state index in [-0.39, 0.29) is 17.9 Å². The molecule has 1 fully saturated rings. The molecule has 1 unspecified atom stereocenters. The molecule has 132 valence electrons. The molecule has 1 saturated heterocycles. The van der Waals surface area contributed by atoms with Gasteiger partial charge < -0.3 is 15.4 Å². The molecule has 0 radical (unpaired) electrons. The van der Waals surface area contributed by atoms with Gasteiger partial charge in [0.2, 0.25) is 5.91 Å². The third kappa shape index (κ3) is 4.60. The second-order valence-corrected chi connectivity index (χ2v) is 6.73. The van der Waals surface area contributed by atoms with E-state index in [9.17, 15) is 4.79 Å². The molecule has 1 aliphatic heterocycles. The van der Waals surface area contributed by atoms with Crippen LogP contribution >= 0.6 is 0 Å². The fraction of sp³-hybridized carbons (Fsp3) is 0.381. The van der Waals surface area contributed by atoms with Gasteiger partial charge >= 0.3 is 0 Å². The largest absolute Gasteiger partial charge is 0.484 e. The molecule has 3 rings (SSSR count). The Bertz CT molecular complexity index is 702. The minimum Gasteiger partial charge on any atom is -0.484 e. The highest BCUT2D eigenvalue weighted by Gasteiger charge is 2.25. The average Bonchev–Trinajstić information content (AvgIpc) is 2.64. The van der Waals surface area contributed by atoms with E-state index in [4.69, 9.17) is 4.74 Å². The van der Waals surface area contributed by atoms with Gasteiger partial charge in [0.1, 0.15) is 11.9 Å². The second-order valence-electron chi connectivity index (χ2n) is 6.73. The van der Waals surface area contributed by atoms with Gasteiger partial charge in [-0.25, -0.2) is 0 Å². The van der Waals surface area contributed by atoms with Crippen molar-refractivity contribution in [1.82, 2.24) is 5.32 Å². The smallest absolute Gasteiger partial charge is 0.227 e. The Hall–Kier alpha value is -2.33. The van der Waals surface area contributed by atoms with Gasteiger partial charge in [0.15, 0.2) is 0 Å². The highest BCUT2D eigenvalue weighted by Crippen LogP contribution is 2.30. The van der Waals surface area contributed by atoms with Crippen molar-refractivity contribution < 1.29 is 9.53 Å². The van der Waals surface area contributed by atoms with Crippen LogP contribution < -0.4 is 15.4 Å². The van der Waals surface area contributed by atoms with Crippen molar-refractivity contribution in [1.29, 1.82) is 0 Å². The maximum absolute atomic E-state index is 12.6. The summed E-state index contributed by atoms with van der Waals surface area (Å²) in [6, 6.07) is 18.1. The van der Waals surface area contributed by atoms with Crippen LogP contribution in [0.4, 0.5) is 5.69 Å². The lowest BCUT2D eigenvalue weighted by atomic mass is 9.92. The summed E-state index contributed by atoms with van der Waals surface area (Å²) in [6.07, 6.45) is 1.66. The number of piperidine rings is 1. The zero-order chi connectivity index (χ0) is 17.6. The Morgan fingerprint density at radius 3 is 2.64 bits per heavy atom. The van der Waals surface area contributed by atoms with Gasteiger partial charge in [0.25, 0.3) is 0 Å². The number of amides is 1. The van der Waals surface area contributed by atoms with Crippen molar-refractivity contribution in [2.75, 3.05) is 11.9 Å². The molecule has 2 N–H and O–H groups in total. The number of hydrogen-bond acceptors (Lipinski definition) is 3. The minimum atomic E-state index is -0.0850. The van der Waals surface area contributed by atoms with Crippen molar-refractivity contribution in [2.45, 2.75) is 38.8 Å². The molecule has 0 aliphatic carbocycles. The van der Waals surface area contributed by atoms with E-state index in [0.717, 1.165) is 30.6 Å². The van der Waals surface area contributed by atoms with Crippen LogP contribution in [0.1, 0.15) is 38.4 Å². The van der Waals surface area contributed by atoms with E-state index in [1.807, 2.05) is 61.5 Å². The minimum absolute atomic E-state index is 0.0517. The first-order chi connectivity index (χ1) is 12.1. The van der Waals surface area contributed by atoms with Crippen molar-refractivity contribution in [3.8, 4) is 5.75 Å². The maximum Gasteiger partial charge on any atom is 0.227 e. The first kappa shape index (κ1) is 17.5. The maximum atomic E-state index is 12.6. The fourth-order valence-corrected chi connectivity index (χ4v) is 3.26. The molecule has 1 amide bonds. The Morgan fingerprint density at radius 1 is 1.16 bits per heavy atom. The number of anilines is 1. The molecule has 4 nitrogen and oxygen atoms in total. The summed E-state index contributed by atoms with van der Waals surface area (Å²) in [5.41, 5.74) is 1.84. The molecular weight excluding hydrogens is 312 g/mol. The highest BCUT2D eigenvalue weighted by molar-refractivity contribution is 5.94. The number of carbonyl (C=O) groups is 1. The summed E-state index contributed by atoms with van der Waals surface area (Å²) in [7, 11) is 0. The summed E-state index contributed by atoms with van der Waals surface area (Å²) in [5.74, 6) is 0.835. The number of hydrogen-bond donors (Lipinski definition) is 2. The SMILES string of the molecule is CC(Oc1ccccc1NC(=O)[C@H]1CCN[C@@H](C)C1)c1ccccc1. The number of rotatable bonds is 5. The standard InChI is InChI=1S/C21H26N2O2/c1-15-14-18(12-13-22-15)21(24)23-19-10-6-7-11-20(19)25-16(2)17-8-4-3-5-9-17/h3-11,15-16,18,22H,12-14H2,1-2H3,(H,23,24)/t15-,16?,18-/m0/s1. The van der Waals surface area contributed by atoms with Gasteiger partial charge in [-0.1, -0.05) is 42.5 Å². The van der Waals surface area contributed by atoms with Crippen LogP contribution in [0.15, 0.2) is 54.6 Å². The third-order valence-electron chi connectivity index (χ3n) is 4.71. The van der Waals surface area contributed by atoms with Crippen molar-refractivity contribution >= 4 is 11.6 Å². The summed E-state index contributed by atoms with van der Waals surface area (Å²) in [4.78, 5) is 12.6. The lowest BCUT2D eigenvalue weighted by Gasteiger charge is -2.27. The topological polar surface area (TPSA) is 50.4 Å². The van der Waals surface area contributed by atoms with Gasteiger partial charge in [-0.2, -0.15) is 0 Å². The lowest BCUT2D eigenvalue weighted by Crippen LogP contribution is -2.40. The molecule has 1 aliphatic rings. The monoisotopic (exact) mass is 338 g/mol. The quantitative estimate of drug-likeness (QED) is 0.861. The van der Waals surface area contributed by atoms with E-state index >= 15 is 0 Å². The molecule has 0 spiro atoms. The van der Waals surface area contributed by atoms with Crippen LogP contribution in [-0.4, -0.2) is 18.5 Å². The zero-order valence-electron chi connectivity index (χ0n) is 14.9. The second kappa shape index (κ2) is 8.17. The molecule has 2 aromatic carbocycles. The first-order valence-electron chi connectivity index (χ1n) is 8.98. The number of nitrogens with one attached hydrogen (secondary N) is 2. The zero-order valence-corrected chi connectivity index (χ0v) is 14.9. The van der Waals surface area contributed by atoms with Gasteiger partial charge in [0, 0.05) is 12.0 Å². The number of ether oxygens (including phenoxy) is 1. The van der Waals surface area contributed by atoms with Crippen LogP contribution in [0.3, 0.4) is 0 Å². The summed E-state index contributed by atoms with van der Waals surface area (Å²) in [6.45, 7) is 5.03. The van der Waals surface area contributed by atoms with E-state index < -0.39 is 0 Å². The van der Waals surface area contributed by atoms with E-state index in [1.165, 1.54) is 0 Å². The molecule has 3 atom stereocenters. The van der Waals surface area contributed by atoms with Crippen LogP contribution in [0.5, 0.6) is 5.75 Å². The Kier molecular flexibility index (Phi) is 5.71. The predicted octanol–water partition coefficient (Wildman–Crippen LogP) is 4.15. The summed E-state index contributed by atoms with van der Waals surface area (Å²) >= 11 is 0. The molecule has 4 heteroatoms. The normalized spacial score (nSPS) is 21.4. The van der Waals surface area contributed by atoms with Gasteiger partial charge in [-0.05, 0) is 50.9 Å². The molecule has 1 heterocycles. The van der Waals surface area contributed by atoms with Crippen LogP contribution in [-0.2, 0) is 4.79 Å². The molecule has 2 aromatic rings. The fourth-order valence-electron chi connectivity index (χ4n) is 3.26. The Morgan fingerprint density at radius 2 is 1.88 bits per heavy atom. The molecule has 0 bridgehead atoms. The molecular formula is C21H26N2O2. The highest BCUT2D eigenvalue weighted by atomic mass is 16.5. The van der Waals surface area contributed by atoms with E-state index in [2.05, 4.69) is 17.6 Å². The Balaban J connectivity index is 1.69. The lowest BCUT2D eigenvalue weighted by molar-refractivity contribution is -0.120. The summed E-state index contributed by atoms with van der Waals surface area (Å²) in [5, 5.41) is 6.45. The van der Waals surface area contributed by atoms with Crippen molar-refractivity contribution in [2.24, 2.45) is 5.92 Å². The summed E-state index contributed by atoms with van der Waals surface area (Å²) < 4.78 is 6.11. The molecule has 25 heavy (non-hydrogen) atoms. The molecule has 0 saturated carbocycles. The predicted molar refractivity (Wildman–Crippen MR) is 101 cm³/mol. The number of benzene rings is 2. The van der Waals surface area contributed by atoms with Crippen LogP contribution in [0.25, 0.3) is 0 Å². The van der Waals surface area contributed by atoms with Crippen LogP contribution in [0.2, 0.25) is 0 Å². The average molecular weight is 338 g/mol. The van der Waals surface area contributed by atoms with E-state index in [0.29, 0.717) is 11.8 Å². The Labute approximate surface area is 149 Å². The van der Waals surface area contributed by atoms with Gasteiger partial charge in [0.05, 0.1) is 5.69 Å². The first-order valence-corrected chi connectivity index (χ1v) is 8.98. The third-order valence-corrected chi connectivity index (χ3v) is 4.71. The van der Waals surface area contributed by atoms with Gasteiger partial charge in [-0.15, -0.1) is 0 Å². The number of para-hydroxylation sites is 2. The van der Waals surface area contributed by atoms with Crippen molar-refractivity contribution in [3.05, 3.63) is 60.2 Å². The number of carbonyl (C=O) groups excluding carboxylic acids is 1. The van der Waals surface area contributed by atoms with Crippen LogP contribution in [0, 0.1) is 5.92 Å².